The molecule has 174 valence electrons. The maximum absolute atomic E-state index is 13.3. The molecule has 0 amide bonds. The van der Waals surface area contributed by atoms with E-state index in [1.54, 1.807) is 6.92 Å². The van der Waals surface area contributed by atoms with Gasteiger partial charge in [0.25, 0.3) is 5.92 Å². The fourth-order valence-corrected chi connectivity index (χ4v) is 3.86. The molecule has 1 aliphatic heterocycles. The average molecular weight is 460 g/mol. The minimum atomic E-state index is -4.63. The number of aromatic nitrogens is 3. The van der Waals surface area contributed by atoms with Gasteiger partial charge in [0, 0.05) is 24.8 Å². The molecule has 0 aromatic carbocycles. The van der Waals surface area contributed by atoms with Gasteiger partial charge in [0.2, 0.25) is 5.89 Å². The van der Waals surface area contributed by atoms with Crippen LogP contribution in [-0.4, -0.2) is 52.7 Å². The van der Waals surface area contributed by atoms with Crippen LogP contribution in [0.2, 0.25) is 0 Å². The molecule has 0 spiro atoms. The Bertz CT molecular complexity index is 1010. The summed E-state index contributed by atoms with van der Waals surface area (Å²) in [6.07, 6.45) is -1.81. The number of halogens is 5. The van der Waals surface area contributed by atoms with Crippen molar-refractivity contribution < 1.29 is 36.0 Å². The topological polar surface area (TPSA) is 81.4 Å². The smallest absolute Gasteiger partial charge is 0.422 e. The Balaban J connectivity index is 1.58. The Morgan fingerprint density at radius 1 is 1.31 bits per heavy atom. The molecule has 2 aromatic heterocycles. The Morgan fingerprint density at radius 3 is 2.53 bits per heavy atom. The van der Waals surface area contributed by atoms with Crippen LogP contribution in [-0.2, 0) is 5.41 Å². The lowest BCUT2D eigenvalue weighted by atomic mass is 9.78. The normalized spacial score (nSPS) is 19.9. The van der Waals surface area contributed by atoms with Gasteiger partial charge < -0.3 is 14.2 Å². The predicted octanol–water partition coefficient (Wildman–Crippen LogP) is 4.11. The van der Waals surface area contributed by atoms with Crippen molar-refractivity contribution in [3.8, 4) is 5.75 Å². The number of rotatable bonds is 8. The van der Waals surface area contributed by atoms with E-state index in [2.05, 4.69) is 15.1 Å². The molecule has 1 atom stereocenters. The van der Waals surface area contributed by atoms with Gasteiger partial charge in [0.15, 0.2) is 18.2 Å². The number of hydrogen-bond acceptors (Lipinski definition) is 7. The van der Waals surface area contributed by atoms with Crippen molar-refractivity contribution in [1.82, 2.24) is 15.1 Å². The highest BCUT2D eigenvalue weighted by atomic mass is 19.4. The molecule has 0 radical (unpaired) electrons. The van der Waals surface area contributed by atoms with E-state index in [0.717, 1.165) is 30.0 Å². The van der Waals surface area contributed by atoms with Gasteiger partial charge >= 0.3 is 6.18 Å². The number of anilines is 1. The first kappa shape index (κ1) is 22.4. The fraction of sp³-hybridized carbons (Fsp3) is 0.600. The van der Waals surface area contributed by atoms with E-state index in [-0.39, 0.29) is 29.5 Å². The second kappa shape index (κ2) is 7.66. The zero-order chi connectivity index (χ0) is 23.3. The van der Waals surface area contributed by atoms with E-state index < -0.39 is 43.0 Å². The summed E-state index contributed by atoms with van der Waals surface area (Å²) < 4.78 is 74.5. The van der Waals surface area contributed by atoms with Crippen LogP contribution >= 0.6 is 0 Å². The number of hydrogen-bond donors (Lipinski definition) is 0. The average Bonchev–Trinajstić information content (AvgIpc) is 3.45. The van der Waals surface area contributed by atoms with Crippen LogP contribution in [0.4, 0.5) is 27.6 Å². The molecule has 2 fully saturated rings. The zero-order valence-corrected chi connectivity index (χ0v) is 17.4. The molecule has 1 saturated carbocycles. The summed E-state index contributed by atoms with van der Waals surface area (Å²) in [7, 11) is 0. The molecule has 1 saturated heterocycles. The molecule has 0 bridgehead atoms. The minimum absolute atomic E-state index is 0.0181. The molecule has 32 heavy (non-hydrogen) atoms. The van der Waals surface area contributed by atoms with Crippen LogP contribution in [0, 0.1) is 12.8 Å². The van der Waals surface area contributed by atoms with E-state index in [4.69, 9.17) is 9.26 Å². The third-order valence-corrected chi connectivity index (χ3v) is 5.75. The van der Waals surface area contributed by atoms with Crippen molar-refractivity contribution in [3.63, 3.8) is 0 Å². The molecule has 4 rings (SSSR count). The third-order valence-electron chi connectivity index (χ3n) is 5.75. The van der Waals surface area contributed by atoms with Crippen molar-refractivity contribution in [2.24, 2.45) is 5.92 Å². The van der Waals surface area contributed by atoms with Gasteiger partial charge in [0.1, 0.15) is 11.4 Å². The van der Waals surface area contributed by atoms with Crippen LogP contribution in [0.1, 0.15) is 48.4 Å². The van der Waals surface area contributed by atoms with Gasteiger partial charge in [-0.05, 0) is 18.8 Å². The zero-order valence-electron chi connectivity index (χ0n) is 17.4. The lowest BCUT2D eigenvalue weighted by Gasteiger charge is -2.40. The number of ether oxygens (including phenoxy) is 1. The van der Waals surface area contributed by atoms with Crippen molar-refractivity contribution in [2.45, 2.75) is 50.6 Å². The van der Waals surface area contributed by atoms with Crippen LogP contribution in [0.5, 0.6) is 5.75 Å². The van der Waals surface area contributed by atoms with Crippen molar-refractivity contribution >= 4 is 11.5 Å². The van der Waals surface area contributed by atoms with Gasteiger partial charge in [-0.1, -0.05) is 12.1 Å². The second-order valence-corrected chi connectivity index (χ2v) is 8.58. The van der Waals surface area contributed by atoms with Gasteiger partial charge in [-0.15, -0.1) is 0 Å². The summed E-state index contributed by atoms with van der Waals surface area (Å²) in [4.78, 5) is 22.5. The van der Waals surface area contributed by atoms with Crippen LogP contribution < -0.4 is 9.64 Å². The van der Waals surface area contributed by atoms with Crippen molar-refractivity contribution in [2.75, 3.05) is 24.6 Å². The quantitative estimate of drug-likeness (QED) is 0.433. The van der Waals surface area contributed by atoms with Gasteiger partial charge in [-0.3, -0.25) is 9.78 Å². The molecule has 0 unspecified atom stereocenters. The lowest BCUT2D eigenvalue weighted by Crippen LogP contribution is -2.56. The number of ketones is 1. The molecular weight excluding hydrogens is 439 g/mol. The van der Waals surface area contributed by atoms with Gasteiger partial charge in [0.05, 0.1) is 25.0 Å². The van der Waals surface area contributed by atoms with Crippen LogP contribution in [0.25, 0.3) is 0 Å². The number of alkyl halides is 5. The summed E-state index contributed by atoms with van der Waals surface area (Å²) >= 11 is 0. The molecule has 0 N–H and O–H groups in total. The number of carbonyl (C=O) groups excluding carboxylic acids is 1. The van der Waals surface area contributed by atoms with Crippen molar-refractivity contribution in [1.29, 1.82) is 0 Å². The predicted molar refractivity (Wildman–Crippen MR) is 101 cm³/mol. The van der Waals surface area contributed by atoms with Gasteiger partial charge in [-0.2, -0.15) is 18.2 Å². The van der Waals surface area contributed by atoms with E-state index >= 15 is 0 Å². The first-order valence-corrected chi connectivity index (χ1v) is 10.0. The van der Waals surface area contributed by atoms with Gasteiger partial charge in [-0.25, -0.2) is 8.78 Å². The molecule has 3 heterocycles. The molecule has 2 aromatic rings. The van der Waals surface area contributed by atoms with E-state index in [0.29, 0.717) is 11.7 Å². The molecule has 7 nitrogen and oxygen atoms in total. The summed E-state index contributed by atoms with van der Waals surface area (Å²) in [6, 6.07) is 1.08. The number of pyridine rings is 1. The number of aryl methyl sites for hydroxylation is 1. The molecule has 1 aliphatic carbocycles. The standard InChI is InChI=1S/C20H21F5N4O3/c1-11-27-17(28-32-11)18(2,12-3-4-12)6-15(30)13-5-16(31-10-20(23,24)25)14(7-26-13)29-8-19(21,22)9-29/h5,7,12H,3-4,6,8-10H2,1-2H3/t18-/m0/s1. The first-order valence-electron chi connectivity index (χ1n) is 10.0. The van der Waals surface area contributed by atoms with E-state index in [1.807, 2.05) is 6.92 Å². The van der Waals surface area contributed by atoms with E-state index in [9.17, 15) is 26.7 Å². The molecule has 12 heteroatoms. The first-order chi connectivity index (χ1) is 14.9. The number of carbonyl (C=O) groups is 1. The fourth-order valence-electron chi connectivity index (χ4n) is 3.86. The second-order valence-electron chi connectivity index (χ2n) is 8.58. The number of Topliss-reactive ketones (excluding diaryl/α,β-unsaturated/α-hetero) is 1. The molecule has 2 aliphatic rings. The summed E-state index contributed by atoms with van der Waals surface area (Å²) in [5.74, 6) is -2.80. The van der Waals surface area contributed by atoms with Crippen molar-refractivity contribution in [3.05, 3.63) is 29.7 Å². The summed E-state index contributed by atoms with van der Waals surface area (Å²) in [6.45, 7) is 0.520. The Kier molecular flexibility index (Phi) is 5.36. The SMILES string of the molecule is Cc1nc([C@@](C)(CC(=O)c2cc(OCC(F)(F)F)c(N3CC(F)(F)C3)cn2)C2CC2)no1. The maximum Gasteiger partial charge on any atom is 0.422 e. The molecular formula is C20H21F5N4O3. The maximum atomic E-state index is 13.3. The summed E-state index contributed by atoms with van der Waals surface area (Å²) in [5.41, 5.74) is -0.859. The largest absolute Gasteiger partial charge is 0.482 e. The lowest BCUT2D eigenvalue weighted by molar-refractivity contribution is -0.153. The Hall–Kier alpha value is -2.79. The highest BCUT2D eigenvalue weighted by Gasteiger charge is 2.48. The number of nitrogens with zero attached hydrogens (tertiary/aromatic N) is 4. The van der Waals surface area contributed by atoms with Crippen LogP contribution in [0.3, 0.4) is 0 Å². The Morgan fingerprint density at radius 2 is 2.00 bits per heavy atom. The monoisotopic (exact) mass is 460 g/mol. The van der Waals surface area contributed by atoms with Crippen LogP contribution in [0.15, 0.2) is 16.8 Å². The Labute approximate surface area is 179 Å². The summed E-state index contributed by atoms with van der Waals surface area (Å²) in [5, 5.41) is 3.95. The highest BCUT2D eigenvalue weighted by molar-refractivity contribution is 5.96. The van der Waals surface area contributed by atoms with E-state index in [1.165, 1.54) is 0 Å². The third kappa shape index (κ3) is 4.68. The highest BCUT2D eigenvalue weighted by Crippen LogP contribution is 2.49. The minimum Gasteiger partial charge on any atom is -0.482 e.